The van der Waals surface area contributed by atoms with Gasteiger partial charge in [0.05, 0.1) is 6.10 Å². The van der Waals surface area contributed by atoms with Gasteiger partial charge >= 0.3 is 6.09 Å². The fourth-order valence-corrected chi connectivity index (χ4v) is 5.36. The van der Waals surface area contributed by atoms with E-state index in [-0.39, 0.29) is 36.1 Å². The van der Waals surface area contributed by atoms with Gasteiger partial charge in [-0.25, -0.2) is 4.79 Å². The number of piperidine rings is 1. The SMILES string of the molecule is CC1C(O)CC2CCC1N2C(=O)OCC1c2ccccc2-c2ccccc21. The number of carbonyl (C=O) groups is 1. The Bertz CT molecular complexity index is 834. The molecule has 2 saturated heterocycles. The number of ether oxygens (including phenoxy) is 1. The molecule has 5 rings (SSSR count). The van der Waals surface area contributed by atoms with Crippen molar-refractivity contribution in [3.8, 4) is 11.1 Å². The third kappa shape index (κ3) is 2.58. The normalized spacial score (nSPS) is 28.7. The van der Waals surface area contributed by atoms with Gasteiger partial charge in [0, 0.05) is 23.9 Å². The number of benzene rings is 2. The van der Waals surface area contributed by atoms with Crippen LogP contribution in [0.2, 0.25) is 0 Å². The smallest absolute Gasteiger partial charge is 0.410 e. The van der Waals surface area contributed by atoms with Gasteiger partial charge in [-0.05, 0) is 41.5 Å². The summed E-state index contributed by atoms with van der Waals surface area (Å²) in [5, 5.41) is 10.2. The van der Waals surface area contributed by atoms with Gasteiger partial charge in [0.25, 0.3) is 0 Å². The Morgan fingerprint density at radius 1 is 1.07 bits per heavy atom. The van der Waals surface area contributed by atoms with Crippen LogP contribution < -0.4 is 0 Å². The van der Waals surface area contributed by atoms with Crippen LogP contribution >= 0.6 is 0 Å². The predicted octanol–water partition coefficient (Wildman–Crippen LogP) is 4.17. The fraction of sp³-hybridized carbons (Fsp3) is 0.435. The summed E-state index contributed by atoms with van der Waals surface area (Å²) in [7, 11) is 0. The molecule has 27 heavy (non-hydrogen) atoms. The van der Waals surface area contributed by atoms with E-state index in [1.807, 2.05) is 24.0 Å². The molecule has 0 radical (unpaired) electrons. The van der Waals surface area contributed by atoms with Crippen LogP contribution in [0, 0.1) is 5.92 Å². The van der Waals surface area contributed by atoms with E-state index in [1.54, 1.807) is 0 Å². The third-order valence-corrected chi connectivity index (χ3v) is 6.82. The minimum Gasteiger partial charge on any atom is -0.448 e. The first kappa shape index (κ1) is 16.8. The number of nitrogens with zero attached hydrogens (tertiary/aromatic N) is 1. The van der Waals surface area contributed by atoms with Crippen molar-refractivity contribution in [3.05, 3.63) is 59.7 Å². The van der Waals surface area contributed by atoms with E-state index < -0.39 is 0 Å². The van der Waals surface area contributed by atoms with E-state index in [2.05, 4.69) is 36.4 Å². The summed E-state index contributed by atoms with van der Waals surface area (Å²) in [6.45, 7) is 2.40. The summed E-state index contributed by atoms with van der Waals surface area (Å²) in [5.41, 5.74) is 4.95. The maximum atomic E-state index is 12.9. The second-order valence-electron chi connectivity index (χ2n) is 8.17. The van der Waals surface area contributed by atoms with Gasteiger partial charge in [-0.2, -0.15) is 0 Å². The van der Waals surface area contributed by atoms with Gasteiger partial charge in [0.2, 0.25) is 0 Å². The zero-order valence-corrected chi connectivity index (χ0v) is 15.5. The topological polar surface area (TPSA) is 49.8 Å². The zero-order chi connectivity index (χ0) is 18.5. The van der Waals surface area contributed by atoms with Gasteiger partial charge in [-0.3, -0.25) is 0 Å². The molecule has 140 valence electrons. The predicted molar refractivity (Wildman–Crippen MR) is 104 cm³/mol. The van der Waals surface area contributed by atoms with E-state index in [0.717, 1.165) is 12.8 Å². The highest BCUT2D eigenvalue weighted by molar-refractivity contribution is 5.79. The Balaban J connectivity index is 1.36. The molecule has 4 unspecified atom stereocenters. The molecule has 4 heteroatoms. The minimum atomic E-state index is -0.305. The maximum Gasteiger partial charge on any atom is 0.410 e. The molecule has 4 nitrogen and oxygen atoms in total. The first-order valence-corrected chi connectivity index (χ1v) is 9.96. The molecule has 0 saturated carbocycles. The molecule has 0 aromatic heterocycles. The lowest BCUT2D eigenvalue weighted by Gasteiger charge is -2.40. The molecule has 1 amide bonds. The Morgan fingerprint density at radius 2 is 1.70 bits per heavy atom. The molecule has 3 aliphatic rings. The van der Waals surface area contributed by atoms with E-state index >= 15 is 0 Å². The molecule has 2 aromatic rings. The van der Waals surface area contributed by atoms with Crippen LogP contribution in [0.4, 0.5) is 4.79 Å². The summed E-state index contributed by atoms with van der Waals surface area (Å²) < 4.78 is 5.85. The highest BCUT2D eigenvalue weighted by atomic mass is 16.6. The molecule has 2 bridgehead atoms. The Hall–Kier alpha value is -2.33. The van der Waals surface area contributed by atoms with Crippen molar-refractivity contribution in [3.63, 3.8) is 0 Å². The van der Waals surface area contributed by atoms with Crippen molar-refractivity contribution >= 4 is 6.09 Å². The first-order valence-electron chi connectivity index (χ1n) is 9.96. The van der Waals surface area contributed by atoms with E-state index in [4.69, 9.17) is 4.74 Å². The number of aliphatic hydroxyl groups excluding tert-OH is 1. The van der Waals surface area contributed by atoms with E-state index in [1.165, 1.54) is 22.3 Å². The van der Waals surface area contributed by atoms with Crippen LogP contribution in [0.1, 0.15) is 43.2 Å². The van der Waals surface area contributed by atoms with Crippen molar-refractivity contribution in [1.82, 2.24) is 4.90 Å². The Labute approximate surface area is 159 Å². The van der Waals surface area contributed by atoms with Crippen LogP contribution in [0.3, 0.4) is 0 Å². The van der Waals surface area contributed by atoms with Gasteiger partial charge in [0.1, 0.15) is 6.61 Å². The number of fused-ring (bicyclic) bond motifs is 5. The van der Waals surface area contributed by atoms with Crippen LogP contribution in [-0.2, 0) is 4.74 Å². The van der Waals surface area contributed by atoms with Gasteiger partial charge in [0.15, 0.2) is 0 Å². The lowest BCUT2D eigenvalue weighted by atomic mass is 9.89. The number of rotatable bonds is 2. The molecular formula is C23H25NO3. The van der Waals surface area contributed by atoms with Gasteiger partial charge < -0.3 is 14.7 Å². The summed E-state index contributed by atoms with van der Waals surface area (Å²) in [4.78, 5) is 14.8. The van der Waals surface area contributed by atoms with Crippen molar-refractivity contribution in [2.45, 2.75) is 50.3 Å². The lowest BCUT2D eigenvalue weighted by Crippen LogP contribution is -2.52. The number of carbonyl (C=O) groups excluding carboxylic acids is 1. The molecule has 4 atom stereocenters. The molecule has 0 spiro atoms. The van der Waals surface area contributed by atoms with Gasteiger partial charge in [-0.1, -0.05) is 55.5 Å². The summed E-state index contributed by atoms with van der Waals surface area (Å²) in [5.74, 6) is 0.205. The number of hydrogen-bond donors (Lipinski definition) is 1. The Morgan fingerprint density at radius 3 is 2.37 bits per heavy atom. The molecule has 1 aliphatic carbocycles. The molecule has 2 heterocycles. The summed E-state index contributed by atoms with van der Waals surface area (Å²) in [6.07, 6.45) is 2.08. The van der Waals surface area contributed by atoms with Crippen LogP contribution in [0.25, 0.3) is 11.1 Å². The van der Waals surface area contributed by atoms with Crippen molar-refractivity contribution < 1.29 is 14.6 Å². The lowest BCUT2D eigenvalue weighted by molar-refractivity contribution is -0.0117. The highest BCUT2D eigenvalue weighted by Crippen LogP contribution is 2.45. The number of amides is 1. The van der Waals surface area contributed by atoms with Gasteiger partial charge in [-0.15, -0.1) is 0 Å². The van der Waals surface area contributed by atoms with Crippen LogP contribution in [-0.4, -0.2) is 40.9 Å². The number of hydrogen-bond acceptors (Lipinski definition) is 3. The Kier molecular flexibility index (Phi) is 3.97. The zero-order valence-electron chi connectivity index (χ0n) is 15.5. The second-order valence-corrected chi connectivity index (χ2v) is 8.17. The standard InChI is InChI=1S/C23H25NO3/c1-14-21-11-10-15(12-22(14)25)24(21)23(26)27-13-20-18-8-4-2-6-16(18)17-7-3-5-9-19(17)20/h2-9,14-15,20-22,25H,10-13H2,1H3. The monoisotopic (exact) mass is 363 g/mol. The van der Waals surface area contributed by atoms with E-state index in [9.17, 15) is 9.90 Å². The highest BCUT2D eigenvalue weighted by Gasteiger charge is 2.47. The minimum absolute atomic E-state index is 0.0896. The molecule has 2 aromatic carbocycles. The van der Waals surface area contributed by atoms with Crippen LogP contribution in [0.5, 0.6) is 0 Å². The van der Waals surface area contributed by atoms with Crippen LogP contribution in [0.15, 0.2) is 48.5 Å². The molecule has 1 N–H and O–H groups in total. The average molecular weight is 363 g/mol. The largest absolute Gasteiger partial charge is 0.448 e. The summed E-state index contributed by atoms with van der Waals surface area (Å²) >= 11 is 0. The molecule has 2 fully saturated rings. The number of aliphatic hydroxyl groups is 1. The maximum absolute atomic E-state index is 12.9. The van der Waals surface area contributed by atoms with Crippen molar-refractivity contribution in [1.29, 1.82) is 0 Å². The van der Waals surface area contributed by atoms with E-state index in [0.29, 0.717) is 13.0 Å². The third-order valence-electron chi connectivity index (χ3n) is 6.82. The van der Waals surface area contributed by atoms with Crippen molar-refractivity contribution in [2.24, 2.45) is 5.92 Å². The summed E-state index contributed by atoms with van der Waals surface area (Å²) in [6, 6.07) is 17.0. The van der Waals surface area contributed by atoms with Crippen molar-refractivity contribution in [2.75, 3.05) is 6.61 Å². The molecule has 2 aliphatic heterocycles. The quantitative estimate of drug-likeness (QED) is 0.871. The fourth-order valence-electron chi connectivity index (χ4n) is 5.36. The first-order chi connectivity index (χ1) is 13.1. The average Bonchev–Trinajstić information content (AvgIpc) is 3.20. The molecular weight excluding hydrogens is 338 g/mol. The second kappa shape index (κ2) is 6.38.